The molecule has 2 saturated heterocycles. The standard InChI is InChI=1S/C24H35FN2O2/c1-3-4-5-6-18-11-20-8-9-21(12-18)26(20)14-17(2)15-27-22-10-7-19(25)13-23(22)29-16-24(27)28/h7,10,13,17-18,20-21H,3-6,8-9,11-12,14-16H2,1-2H3/t17-,18?,20+,21?/m1/s1. The Balaban J connectivity index is 1.35. The molecule has 0 spiro atoms. The zero-order chi connectivity index (χ0) is 20.4. The van der Waals surface area contributed by atoms with E-state index in [2.05, 4.69) is 18.7 Å². The number of halogens is 1. The van der Waals surface area contributed by atoms with E-state index in [9.17, 15) is 9.18 Å². The molecule has 0 aromatic heterocycles. The van der Waals surface area contributed by atoms with Gasteiger partial charge >= 0.3 is 0 Å². The van der Waals surface area contributed by atoms with E-state index < -0.39 is 0 Å². The number of unbranched alkanes of at least 4 members (excludes halogenated alkanes) is 2. The Labute approximate surface area is 174 Å². The zero-order valence-electron chi connectivity index (χ0n) is 17.9. The van der Waals surface area contributed by atoms with Gasteiger partial charge in [-0.2, -0.15) is 0 Å². The number of nitrogens with zero attached hydrogens (tertiary/aromatic N) is 2. The van der Waals surface area contributed by atoms with Crippen LogP contribution in [0.5, 0.6) is 5.75 Å². The summed E-state index contributed by atoms with van der Waals surface area (Å²) in [7, 11) is 0. The fraction of sp³-hybridized carbons (Fsp3) is 0.708. The molecular formula is C24H35FN2O2. The Bertz CT molecular complexity index is 711. The van der Waals surface area contributed by atoms with Gasteiger partial charge in [0, 0.05) is 31.2 Å². The molecule has 0 radical (unpaired) electrons. The molecule has 4 nitrogen and oxygen atoms in total. The van der Waals surface area contributed by atoms with Gasteiger partial charge in [-0.25, -0.2) is 4.39 Å². The van der Waals surface area contributed by atoms with Crippen LogP contribution in [0.25, 0.3) is 0 Å². The molecule has 5 heteroatoms. The van der Waals surface area contributed by atoms with Gasteiger partial charge in [-0.3, -0.25) is 9.69 Å². The second-order valence-electron chi connectivity index (χ2n) is 9.43. The summed E-state index contributed by atoms with van der Waals surface area (Å²) in [4.78, 5) is 17.0. The van der Waals surface area contributed by atoms with Crippen LogP contribution in [0.4, 0.5) is 10.1 Å². The number of fused-ring (bicyclic) bond motifs is 3. The lowest BCUT2D eigenvalue weighted by Gasteiger charge is -2.41. The minimum Gasteiger partial charge on any atom is -0.481 e. The third kappa shape index (κ3) is 4.60. The molecule has 0 aliphatic carbocycles. The Morgan fingerprint density at radius 2 is 1.93 bits per heavy atom. The van der Waals surface area contributed by atoms with Crippen LogP contribution < -0.4 is 9.64 Å². The minimum atomic E-state index is -0.329. The van der Waals surface area contributed by atoms with E-state index in [-0.39, 0.29) is 18.3 Å². The van der Waals surface area contributed by atoms with Crippen molar-refractivity contribution in [1.82, 2.24) is 4.90 Å². The predicted octanol–water partition coefficient (Wildman–Crippen LogP) is 5.01. The molecule has 1 aromatic carbocycles. The van der Waals surface area contributed by atoms with Gasteiger partial charge in [0.25, 0.3) is 5.91 Å². The molecule has 3 aliphatic rings. The van der Waals surface area contributed by atoms with Crippen molar-refractivity contribution in [2.75, 3.05) is 24.6 Å². The predicted molar refractivity (Wildman–Crippen MR) is 114 cm³/mol. The summed E-state index contributed by atoms with van der Waals surface area (Å²) in [6, 6.07) is 5.90. The Kier molecular flexibility index (Phi) is 6.43. The van der Waals surface area contributed by atoms with Crippen molar-refractivity contribution >= 4 is 11.6 Å². The van der Waals surface area contributed by atoms with Gasteiger partial charge in [0.15, 0.2) is 6.61 Å². The van der Waals surface area contributed by atoms with Gasteiger partial charge in [-0.15, -0.1) is 0 Å². The molecule has 29 heavy (non-hydrogen) atoms. The first-order valence-electron chi connectivity index (χ1n) is 11.5. The van der Waals surface area contributed by atoms with Crippen molar-refractivity contribution in [3.05, 3.63) is 24.0 Å². The highest BCUT2D eigenvalue weighted by molar-refractivity contribution is 5.97. The fourth-order valence-electron chi connectivity index (χ4n) is 5.71. The number of carbonyl (C=O) groups excluding carboxylic acids is 1. The maximum atomic E-state index is 13.5. The van der Waals surface area contributed by atoms with Crippen LogP contribution in [-0.4, -0.2) is 42.6 Å². The highest BCUT2D eigenvalue weighted by Gasteiger charge is 2.41. The summed E-state index contributed by atoms with van der Waals surface area (Å²) in [6.45, 7) is 6.22. The Hall–Kier alpha value is -1.62. The number of hydrogen-bond donors (Lipinski definition) is 0. The molecule has 1 aromatic rings. The maximum absolute atomic E-state index is 13.5. The molecule has 1 amide bonds. The molecule has 3 heterocycles. The highest BCUT2D eigenvalue weighted by Crippen LogP contribution is 2.41. The summed E-state index contributed by atoms with van der Waals surface area (Å²) in [5.41, 5.74) is 0.701. The van der Waals surface area contributed by atoms with E-state index in [1.807, 2.05) is 0 Å². The van der Waals surface area contributed by atoms with Crippen LogP contribution in [0.1, 0.15) is 65.2 Å². The van der Waals surface area contributed by atoms with Crippen LogP contribution in [0, 0.1) is 17.7 Å². The fourth-order valence-corrected chi connectivity index (χ4v) is 5.71. The lowest BCUT2D eigenvalue weighted by Crippen LogP contribution is -2.48. The van der Waals surface area contributed by atoms with E-state index in [1.165, 1.54) is 63.5 Å². The number of carbonyl (C=O) groups is 1. The molecule has 3 aliphatic heterocycles. The van der Waals surface area contributed by atoms with Crippen molar-refractivity contribution in [1.29, 1.82) is 0 Å². The van der Waals surface area contributed by atoms with Crippen molar-refractivity contribution in [3.63, 3.8) is 0 Å². The Morgan fingerprint density at radius 1 is 1.17 bits per heavy atom. The molecule has 0 saturated carbocycles. The molecule has 2 fully saturated rings. The smallest absolute Gasteiger partial charge is 0.265 e. The van der Waals surface area contributed by atoms with E-state index in [4.69, 9.17) is 4.74 Å². The minimum absolute atomic E-state index is 0.00240. The van der Waals surface area contributed by atoms with Crippen molar-refractivity contribution in [2.45, 2.75) is 77.3 Å². The van der Waals surface area contributed by atoms with E-state index >= 15 is 0 Å². The summed E-state index contributed by atoms with van der Waals surface area (Å²) in [6.07, 6.45) is 10.8. The lowest BCUT2D eigenvalue weighted by atomic mass is 9.86. The summed E-state index contributed by atoms with van der Waals surface area (Å²) < 4.78 is 19.0. The van der Waals surface area contributed by atoms with Gasteiger partial charge in [-0.1, -0.05) is 39.5 Å². The van der Waals surface area contributed by atoms with Gasteiger partial charge < -0.3 is 9.64 Å². The molecule has 4 rings (SSSR count). The molecule has 2 unspecified atom stereocenters. The second-order valence-corrected chi connectivity index (χ2v) is 9.43. The number of piperidine rings is 1. The number of amides is 1. The summed E-state index contributed by atoms with van der Waals surface area (Å²) in [5, 5.41) is 0. The van der Waals surface area contributed by atoms with Crippen LogP contribution in [0.3, 0.4) is 0 Å². The third-order valence-corrected chi connectivity index (χ3v) is 7.08. The molecule has 0 N–H and O–H groups in total. The quantitative estimate of drug-likeness (QED) is 0.573. The number of ether oxygens (including phenoxy) is 1. The third-order valence-electron chi connectivity index (χ3n) is 7.08. The molecule has 160 valence electrons. The second kappa shape index (κ2) is 9.03. The SMILES string of the molecule is CCCCCC1CC2CC[C@@H](C1)N2C[C@@H](C)CN1C(=O)COc2cc(F)ccc21. The first-order chi connectivity index (χ1) is 14.0. The number of benzene rings is 1. The van der Waals surface area contributed by atoms with Crippen molar-refractivity contribution < 1.29 is 13.9 Å². The number of hydrogen-bond acceptors (Lipinski definition) is 3. The van der Waals surface area contributed by atoms with Crippen LogP contribution >= 0.6 is 0 Å². The van der Waals surface area contributed by atoms with Crippen LogP contribution in [-0.2, 0) is 4.79 Å². The summed E-state index contributed by atoms with van der Waals surface area (Å²) >= 11 is 0. The highest BCUT2D eigenvalue weighted by atomic mass is 19.1. The average Bonchev–Trinajstić information content (AvgIpc) is 2.92. The van der Waals surface area contributed by atoms with E-state index in [0.29, 0.717) is 23.9 Å². The first-order valence-corrected chi connectivity index (χ1v) is 11.5. The van der Waals surface area contributed by atoms with Crippen molar-refractivity contribution in [2.24, 2.45) is 11.8 Å². The van der Waals surface area contributed by atoms with E-state index in [0.717, 1.165) is 24.5 Å². The van der Waals surface area contributed by atoms with Crippen molar-refractivity contribution in [3.8, 4) is 5.75 Å². The molecule has 4 atom stereocenters. The normalized spacial score (nSPS) is 27.6. The van der Waals surface area contributed by atoms with Gasteiger partial charge in [0.1, 0.15) is 11.6 Å². The molecule has 2 bridgehead atoms. The lowest BCUT2D eigenvalue weighted by molar-refractivity contribution is -0.121. The number of anilines is 1. The van der Waals surface area contributed by atoms with Gasteiger partial charge in [0.2, 0.25) is 0 Å². The van der Waals surface area contributed by atoms with Gasteiger partial charge in [0.05, 0.1) is 5.69 Å². The monoisotopic (exact) mass is 402 g/mol. The van der Waals surface area contributed by atoms with E-state index in [1.54, 1.807) is 11.0 Å². The van der Waals surface area contributed by atoms with Gasteiger partial charge in [-0.05, 0) is 49.7 Å². The van der Waals surface area contributed by atoms with Crippen LogP contribution in [0.2, 0.25) is 0 Å². The topological polar surface area (TPSA) is 32.8 Å². The average molecular weight is 403 g/mol. The summed E-state index contributed by atoms with van der Waals surface area (Å²) in [5.74, 6) is 1.39. The zero-order valence-corrected chi connectivity index (χ0v) is 17.9. The molecular weight excluding hydrogens is 367 g/mol. The first kappa shape index (κ1) is 20.6. The Morgan fingerprint density at radius 3 is 2.66 bits per heavy atom. The number of rotatable bonds is 8. The maximum Gasteiger partial charge on any atom is 0.265 e. The largest absolute Gasteiger partial charge is 0.481 e. The van der Waals surface area contributed by atoms with Crippen LogP contribution in [0.15, 0.2) is 18.2 Å².